The molecular formula is C51H32. The summed E-state index contributed by atoms with van der Waals surface area (Å²) in [6, 6.07) is 72.3. The first kappa shape index (κ1) is 28.3. The standard InChI is InChI=1S/C51H32/c1-4-15-33(16-5-1)39-29-30-40(50-45-31-34-17-10-11-22-38(34)43-24-14-25-44(48(43)45)49(39)50)35-27-28-42-41-23-12-13-26-46(41)51(47(42)32-35,36-18-6-2-7-19-36)37-20-8-3-9-21-37/h1-32H. The molecule has 0 saturated heterocycles. The molecule has 0 fully saturated rings. The maximum Gasteiger partial charge on any atom is 0.0713 e. The van der Waals surface area contributed by atoms with Crippen molar-refractivity contribution in [2.45, 2.75) is 5.41 Å². The molecule has 0 radical (unpaired) electrons. The molecule has 0 aliphatic heterocycles. The van der Waals surface area contributed by atoms with Gasteiger partial charge in [-0.1, -0.05) is 182 Å². The first-order chi connectivity index (χ1) is 25.3. The van der Waals surface area contributed by atoms with Crippen molar-refractivity contribution in [1.29, 1.82) is 0 Å². The lowest BCUT2D eigenvalue weighted by atomic mass is 9.67. The number of rotatable bonds is 4. The largest absolute Gasteiger partial charge is 0.0713 e. The van der Waals surface area contributed by atoms with E-state index in [0.29, 0.717) is 0 Å². The predicted molar refractivity (Wildman–Crippen MR) is 214 cm³/mol. The first-order valence-electron chi connectivity index (χ1n) is 17.9. The molecule has 0 unspecified atom stereocenters. The van der Waals surface area contributed by atoms with Gasteiger partial charge in [0.1, 0.15) is 0 Å². The van der Waals surface area contributed by atoms with Crippen LogP contribution in [-0.4, -0.2) is 0 Å². The Hall–Kier alpha value is -6.50. The van der Waals surface area contributed by atoms with Crippen LogP contribution in [0.2, 0.25) is 0 Å². The lowest BCUT2D eigenvalue weighted by Crippen LogP contribution is -2.28. The van der Waals surface area contributed by atoms with Gasteiger partial charge < -0.3 is 0 Å². The van der Waals surface area contributed by atoms with Crippen LogP contribution >= 0.6 is 0 Å². The fourth-order valence-electron chi connectivity index (χ4n) is 9.44. The zero-order chi connectivity index (χ0) is 33.5. The highest BCUT2D eigenvalue weighted by Gasteiger charge is 2.46. The molecule has 2 aliphatic rings. The average molecular weight is 645 g/mol. The molecule has 236 valence electrons. The maximum atomic E-state index is 2.51. The SMILES string of the molecule is c1ccc(-c2ccc(-c3ccc4c(c3)C(c3ccccc3)(c3ccccc3)c3ccccc3-4)c3c2-c2cccc4c2c-3cc2ccccc24)cc1. The molecule has 0 aromatic heterocycles. The van der Waals surface area contributed by atoms with Crippen LogP contribution < -0.4 is 0 Å². The van der Waals surface area contributed by atoms with Crippen LogP contribution in [0.1, 0.15) is 22.3 Å². The number of fused-ring (bicyclic) bond motifs is 8. The third kappa shape index (κ3) is 3.85. The fourth-order valence-corrected chi connectivity index (χ4v) is 9.44. The monoisotopic (exact) mass is 644 g/mol. The van der Waals surface area contributed by atoms with Crippen LogP contribution in [0.25, 0.3) is 77.2 Å². The molecule has 2 aliphatic carbocycles. The Kier molecular flexibility index (Phi) is 5.97. The van der Waals surface area contributed by atoms with Crippen molar-refractivity contribution in [2.75, 3.05) is 0 Å². The highest BCUT2D eigenvalue weighted by atomic mass is 14.5. The summed E-state index contributed by atoms with van der Waals surface area (Å²) in [5, 5.41) is 5.25. The van der Waals surface area contributed by atoms with E-state index in [9.17, 15) is 0 Å². The summed E-state index contributed by atoms with van der Waals surface area (Å²) in [6.07, 6.45) is 0. The summed E-state index contributed by atoms with van der Waals surface area (Å²) in [6.45, 7) is 0. The molecule has 0 atom stereocenters. The van der Waals surface area contributed by atoms with Crippen molar-refractivity contribution in [3.63, 3.8) is 0 Å². The first-order valence-corrected chi connectivity index (χ1v) is 17.9. The topological polar surface area (TPSA) is 0 Å². The van der Waals surface area contributed by atoms with Crippen LogP contribution in [0, 0.1) is 0 Å². The Bertz CT molecular complexity index is 2790. The second-order valence-electron chi connectivity index (χ2n) is 13.9. The van der Waals surface area contributed by atoms with Crippen LogP contribution in [0.15, 0.2) is 194 Å². The third-order valence-electron chi connectivity index (χ3n) is 11.5. The average Bonchev–Trinajstić information content (AvgIpc) is 3.70. The van der Waals surface area contributed by atoms with Crippen molar-refractivity contribution in [3.05, 3.63) is 216 Å². The summed E-state index contributed by atoms with van der Waals surface area (Å²) < 4.78 is 0. The Morgan fingerprint density at radius 1 is 0.294 bits per heavy atom. The van der Waals surface area contributed by atoms with Crippen LogP contribution in [0.3, 0.4) is 0 Å². The Labute approximate surface area is 297 Å². The van der Waals surface area contributed by atoms with Crippen molar-refractivity contribution >= 4 is 21.5 Å². The minimum absolute atomic E-state index is 0.448. The minimum Gasteiger partial charge on any atom is -0.0622 e. The second kappa shape index (κ2) is 10.7. The van der Waals surface area contributed by atoms with E-state index in [1.54, 1.807) is 0 Å². The van der Waals surface area contributed by atoms with Gasteiger partial charge in [-0.15, -0.1) is 0 Å². The van der Waals surface area contributed by atoms with E-state index in [1.807, 2.05) is 0 Å². The Morgan fingerprint density at radius 2 is 0.843 bits per heavy atom. The van der Waals surface area contributed by atoms with E-state index in [2.05, 4.69) is 194 Å². The third-order valence-corrected chi connectivity index (χ3v) is 11.5. The molecule has 9 aromatic rings. The van der Waals surface area contributed by atoms with Crippen LogP contribution in [-0.2, 0) is 5.41 Å². The lowest BCUT2D eigenvalue weighted by Gasteiger charge is -2.34. The van der Waals surface area contributed by atoms with Gasteiger partial charge in [0, 0.05) is 0 Å². The molecule has 11 rings (SSSR count). The van der Waals surface area contributed by atoms with Gasteiger partial charge >= 0.3 is 0 Å². The van der Waals surface area contributed by atoms with Crippen molar-refractivity contribution in [2.24, 2.45) is 0 Å². The molecule has 0 heterocycles. The van der Waals surface area contributed by atoms with Gasteiger partial charge in [-0.2, -0.15) is 0 Å². The molecule has 0 saturated carbocycles. The molecule has 9 aromatic carbocycles. The summed E-state index contributed by atoms with van der Waals surface area (Å²) in [7, 11) is 0. The molecule has 0 amide bonds. The zero-order valence-corrected chi connectivity index (χ0v) is 28.0. The number of hydrogen-bond donors (Lipinski definition) is 0. The molecule has 0 nitrogen and oxygen atoms in total. The van der Waals surface area contributed by atoms with E-state index in [0.717, 1.165) is 0 Å². The zero-order valence-electron chi connectivity index (χ0n) is 28.0. The maximum absolute atomic E-state index is 2.51. The highest BCUT2D eigenvalue weighted by Crippen LogP contribution is 2.59. The molecule has 0 N–H and O–H groups in total. The summed E-state index contributed by atoms with van der Waals surface area (Å²) in [5.74, 6) is 0. The molecule has 0 spiro atoms. The molecule has 51 heavy (non-hydrogen) atoms. The molecular weight excluding hydrogens is 613 g/mol. The van der Waals surface area contributed by atoms with Gasteiger partial charge in [0.2, 0.25) is 0 Å². The van der Waals surface area contributed by atoms with Crippen molar-refractivity contribution in [1.82, 2.24) is 0 Å². The van der Waals surface area contributed by atoms with E-state index in [4.69, 9.17) is 0 Å². The minimum atomic E-state index is -0.448. The summed E-state index contributed by atoms with van der Waals surface area (Å²) in [4.78, 5) is 0. The van der Waals surface area contributed by atoms with Gasteiger partial charge in [0.15, 0.2) is 0 Å². The van der Waals surface area contributed by atoms with E-state index >= 15 is 0 Å². The summed E-state index contributed by atoms with van der Waals surface area (Å²) >= 11 is 0. The van der Waals surface area contributed by atoms with Gasteiger partial charge in [0.25, 0.3) is 0 Å². The van der Waals surface area contributed by atoms with Crippen LogP contribution in [0.5, 0.6) is 0 Å². The normalized spacial score (nSPS) is 13.3. The van der Waals surface area contributed by atoms with E-state index < -0.39 is 5.41 Å². The predicted octanol–water partition coefficient (Wildman–Crippen LogP) is 13.3. The Morgan fingerprint density at radius 3 is 1.61 bits per heavy atom. The fraction of sp³-hybridized carbons (Fsp3) is 0.0196. The number of benzene rings is 9. The summed E-state index contributed by atoms with van der Waals surface area (Å²) in [5.41, 5.74) is 17.7. The van der Waals surface area contributed by atoms with Gasteiger partial charge in [-0.25, -0.2) is 0 Å². The second-order valence-corrected chi connectivity index (χ2v) is 13.9. The van der Waals surface area contributed by atoms with Crippen LogP contribution in [0.4, 0.5) is 0 Å². The van der Waals surface area contributed by atoms with Gasteiger partial charge in [0.05, 0.1) is 5.41 Å². The van der Waals surface area contributed by atoms with Crippen molar-refractivity contribution < 1.29 is 0 Å². The Balaban J connectivity index is 1.24. The van der Waals surface area contributed by atoms with Gasteiger partial charge in [-0.05, 0) is 112 Å². The highest BCUT2D eigenvalue weighted by molar-refractivity contribution is 6.26. The van der Waals surface area contributed by atoms with E-state index in [-0.39, 0.29) is 0 Å². The van der Waals surface area contributed by atoms with E-state index in [1.165, 1.54) is 99.4 Å². The number of hydrogen-bond acceptors (Lipinski definition) is 0. The van der Waals surface area contributed by atoms with Crippen molar-refractivity contribution in [3.8, 4) is 55.6 Å². The van der Waals surface area contributed by atoms with Gasteiger partial charge in [-0.3, -0.25) is 0 Å². The quantitative estimate of drug-likeness (QED) is 0.167. The smallest absolute Gasteiger partial charge is 0.0622 e. The molecule has 0 heteroatoms. The lowest BCUT2D eigenvalue weighted by molar-refractivity contribution is 0.769. The molecule has 0 bridgehead atoms.